The van der Waals surface area contributed by atoms with Gasteiger partial charge in [-0.15, -0.1) is 0 Å². The molecular weight excluding hydrogens is 214 g/mol. The maximum atomic E-state index is 9.64. The molecule has 0 saturated carbocycles. The molecule has 3 nitrogen and oxygen atoms in total. The molecule has 0 aromatic heterocycles. The van der Waals surface area contributed by atoms with Gasteiger partial charge in [0.2, 0.25) is 0 Å². The summed E-state index contributed by atoms with van der Waals surface area (Å²) >= 11 is 0. The first kappa shape index (κ1) is 12.2. The number of benzene rings is 1. The summed E-state index contributed by atoms with van der Waals surface area (Å²) in [6, 6.07) is 6.31. The fraction of sp³-hybridized carbons (Fsp3) is 0.571. The minimum atomic E-state index is 0.227. The molecule has 3 heteroatoms. The smallest absolute Gasteiger partial charge is 0.161 e. The number of ether oxygens (including phenoxy) is 1. The maximum Gasteiger partial charge on any atom is 0.161 e. The van der Waals surface area contributed by atoms with E-state index in [1.165, 1.54) is 24.9 Å². The molecule has 1 saturated heterocycles. The second-order valence-corrected chi connectivity index (χ2v) is 4.70. The highest BCUT2D eigenvalue weighted by molar-refractivity contribution is 5.41. The monoisotopic (exact) mass is 235 g/mol. The van der Waals surface area contributed by atoms with Crippen LogP contribution in [0.1, 0.15) is 32.3 Å². The Hall–Kier alpha value is -1.22. The molecule has 1 unspecified atom stereocenters. The third kappa shape index (κ3) is 2.91. The number of likely N-dealkylation sites (tertiary alicyclic amines) is 1. The van der Waals surface area contributed by atoms with Crippen molar-refractivity contribution in [1.29, 1.82) is 0 Å². The highest BCUT2D eigenvalue weighted by atomic mass is 16.5. The van der Waals surface area contributed by atoms with Crippen LogP contribution in [-0.2, 0) is 6.54 Å². The van der Waals surface area contributed by atoms with E-state index in [0.717, 1.165) is 6.54 Å². The average Bonchev–Trinajstić information content (AvgIpc) is 2.70. The first-order valence-electron chi connectivity index (χ1n) is 6.39. The molecule has 2 rings (SSSR count). The van der Waals surface area contributed by atoms with Gasteiger partial charge in [-0.05, 0) is 50.9 Å². The van der Waals surface area contributed by atoms with Gasteiger partial charge < -0.3 is 9.84 Å². The topological polar surface area (TPSA) is 32.7 Å². The number of phenolic OH excluding ortho intramolecular Hbond substituents is 1. The van der Waals surface area contributed by atoms with Gasteiger partial charge >= 0.3 is 0 Å². The Balaban J connectivity index is 2.07. The first-order valence-corrected chi connectivity index (χ1v) is 6.39. The number of hydrogen-bond acceptors (Lipinski definition) is 3. The van der Waals surface area contributed by atoms with E-state index >= 15 is 0 Å². The lowest BCUT2D eigenvalue weighted by molar-refractivity contribution is 0.259. The van der Waals surface area contributed by atoms with E-state index in [1.807, 2.05) is 19.1 Å². The van der Waals surface area contributed by atoms with Crippen LogP contribution in [0.5, 0.6) is 11.5 Å². The molecule has 1 aliphatic rings. The van der Waals surface area contributed by atoms with Crippen LogP contribution in [0.25, 0.3) is 0 Å². The average molecular weight is 235 g/mol. The molecule has 1 aliphatic heterocycles. The fourth-order valence-corrected chi connectivity index (χ4v) is 2.39. The van der Waals surface area contributed by atoms with Crippen LogP contribution < -0.4 is 4.74 Å². The minimum absolute atomic E-state index is 0.227. The van der Waals surface area contributed by atoms with Gasteiger partial charge in [-0.25, -0.2) is 0 Å². The molecule has 0 aliphatic carbocycles. The second kappa shape index (κ2) is 5.41. The zero-order chi connectivity index (χ0) is 12.3. The summed E-state index contributed by atoms with van der Waals surface area (Å²) in [5, 5.41) is 9.64. The molecule has 1 N–H and O–H groups in total. The summed E-state index contributed by atoms with van der Waals surface area (Å²) in [6.45, 7) is 6.90. The SMILES string of the molecule is CCOc1cc(CN2CCCC2C)ccc1O. The molecule has 17 heavy (non-hydrogen) atoms. The zero-order valence-electron chi connectivity index (χ0n) is 10.6. The molecule has 0 radical (unpaired) electrons. The summed E-state index contributed by atoms with van der Waals surface area (Å²) in [5.74, 6) is 0.821. The summed E-state index contributed by atoms with van der Waals surface area (Å²) in [4.78, 5) is 2.47. The van der Waals surface area contributed by atoms with E-state index in [-0.39, 0.29) is 5.75 Å². The highest BCUT2D eigenvalue weighted by Crippen LogP contribution is 2.28. The van der Waals surface area contributed by atoms with Crippen LogP contribution >= 0.6 is 0 Å². The van der Waals surface area contributed by atoms with E-state index in [4.69, 9.17) is 4.74 Å². The van der Waals surface area contributed by atoms with Crippen LogP contribution in [0.4, 0.5) is 0 Å². The molecule has 0 bridgehead atoms. The van der Waals surface area contributed by atoms with E-state index in [1.54, 1.807) is 6.07 Å². The van der Waals surface area contributed by atoms with E-state index < -0.39 is 0 Å². The van der Waals surface area contributed by atoms with Crippen molar-refractivity contribution in [2.24, 2.45) is 0 Å². The van der Waals surface area contributed by atoms with E-state index in [9.17, 15) is 5.11 Å². The van der Waals surface area contributed by atoms with Crippen LogP contribution in [0.3, 0.4) is 0 Å². The molecule has 0 spiro atoms. The van der Waals surface area contributed by atoms with Crippen LogP contribution in [0, 0.1) is 0 Å². The van der Waals surface area contributed by atoms with Crippen molar-refractivity contribution in [2.45, 2.75) is 39.3 Å². The van der Waals surface area contributed by atoms with Crippen LogP contribution in [0.2, 0.25) is 0 Å². The Morgan fingerprint density at radius 1 is 1.47 bits per heavy atom. The van der Waals surface area contributed by atoms with Gasteiger partial charge in [0.05, 0.1) is 6.61 Å². The van der Waals surface area contributed by atoms with Gasteiger partial charge in [-0.3, -0.25) is 4.90 Å². The number of phenols is 1. The van der Waals surface area contributed by atoms with Crippen molar-refractivity contribution < 1.29 is 9.84 Å². The van der Waals surface area contributed by atoms with Crippen molar-refractivity contribution in [3.8, 4) is 11.5 Å². The number of rotatable bonds is 4. The Kier molecular flexibility index (Phi) is 3.89. The second-order valence-electron chi connectivity index (χ2n) is 4.70. The normalized spacial score (nSPS) is 20.7. The van der Waals surface area contributed by atoms with Gasteiger partial charge in [0.25, 0.3) is 0 Å². The number of nitrogens with zero attached hydrogens (tertiary/aromatic N) is 1. The molecule has 1 aromatic carbocycles. The van der Waals surface area contributed by atoms with Crippen LogP contribution in [-0.4, -0.2) is 29.2 Å². The Bertz CT molecular complexity index is 378. The fourth-order valence-electron chi connectivity index (χ4n) is 2.39. The molecular formula is C14H21NO2. The Morgan fingerprint density at radius 2 is 2.29 bits per heavy atom. The van der Waals surface area contributed by atoms with Crippen LogP contribution in [0.15, 0.2) is 18.2 Å². The van der Waals surface area contributed by atoms with Crippen molar-refractivity contribution in [3.05, 3.63) is 23.8 Å². The summed E-state index contributed by atoms with van der Waals surface area (Å²) in [5.41, 5.74) is 1.21. The molecule has 1 aromatic rings. The molecule has 1 heterocycles. The van der Waals surface area contributed by atoms with Gasteiger partial charge in [0.1, 0.15) is 0 Å². The number of aromatic hydroxyl groups is 1. The maximum absolute atomic E-state index is 9.64. The number of hydrogen-bond donors (Lipinski definition) is 1. The van der Waals surface area contributed by atoms with Gasteiger partial charge in [0, 0.05) is 12.6 Å². The Labute approximate surface area is 103 Å². The van der Waals surface area contributed by atoms with E-state index in [0.29, 0.717) is 18.4 Å². The lowest BCUT2D eigenvalue weighted by atomic mass is 10.1. The summed E-state index contributed by atoms with van der Waals surface area (Å²) in [7, 11) is 0. The van der Waals surface area contributed by atoms with Crippen molar-refractivity contribution >= 4 is 0 Å². The molecule has 1 fully saturated rings. The lowest BCUT2D eigenvalue weighted by Crippen LogP contribution is -2.26. The predicted octanol–water partition coefficient (Wildman–Crippen LogP) is 2.78. The third-order valence-corrected chi connectivity index (χ3v) is 3.40. The van der Waals surface area contributed by atoms with Gasteiger partial charge in [-0.1, -0.05) is 6.07 Å². The molecule has 1 atom stereocenters. The third-order valence-electron chi connectivity index (χ3n) is 3.40. The highest BCUT2D eigenvalue weighted by Gasteiger charge is 2.20. The first-order chi connectivity index (χ1) is 8.20. The predicted molar refractivity (Wildman–Crippen MR) is 68.4 cm³/mol. The van der Waals surface area contributed by atoms with E-state index in [2.05, 4.69) is 11.8 Å². The molecule has 94 valence electrons. The van der Waals surface area contributed by atoms with Crippen molar-refractivity contribution in [2.75, 3.05) is 13.2 Å². The van der Waals surface area contributed by atoms with Gasteiger partial charge in [-0.2, -0.15) is 0 Å². The zero-order valence-corrected chi connectivity index (χ0v) is 10.6. The summed E-state index contributed by atoms with van der Waals surface area (Å²) < 4.78 is 5.40. The lowest BCUT2D eigenvalue weighted by Gasteiger charge is -2.21. The quantitative estimate of drug-likeness (QED) is 0.871. The Morgan fingerprint density at radius 3 is 2.94 bits per heavy atom. The standard InChI is InChI=1S/C14H21NO2/c1-3-17-14-9-12(6-7-13(14)16)10-15-8-4-5-11(15)2/h6-7,9,11,16H,3-5,8,10H2,1-2H3. The minimum Gasteiger partial charge on any atom is -0.504 e. The van der Waals surface area contributed by atoms with Gasteiger partial charge in [0.15, 0.2) is 11.5 Å². The summed E-state index contributed by atoms with van der Waals surface area (Å²) in [6.07, 6.45) is 2.58. The van der Waals surface area contributed by atoms with Crippen molar-refractivity contribution in [3.63, 3.8) is 0 Å². The van der Waals surface area contributed by atoms with Crippen molar-refractivity contribution in [1.82, 2.24) is 4.90 Å². The molecule has 0 amide bonds. The largest absolute Gasteiger partial charge is 0.504 e.